The summed E-state index contributed by atoms with van der Waals surface area (Å²) in [4.78, 5) is 172. The molecular weight excluding hydrogens is 1050 g/mol. The maximum absolute atomic E-state index is 14.3. The fraction of sp³-hybridized carbons (Fsp3) is 0.755. The van der Waals surface area contributed by atoms with E-state index in [1.54, 1.807) is 41.5 Å². The van der Waals surface area contributed by atoms with Gasteiger partial charge in [0.1, 0.15) is 54.4 Å². The van der Waals surface area contributed by atoms with Gasteiger partial charge in [-0.25, -0.2) is 0 Å². The summed E-state index contributed by atoms with van der Waals surface area (Å²) in [6, 6.07) is -12.9. The first-order valence-corrected chi connectivity index (χ1v) is 28.0. The summed E-state index contributed by atoms with van der Waals surface area (Å²) < 4.78 is 0. The van der Waals surface area contributed by atoms with E-state index in [4.69, 9.17) is 34.4 Å². The van der Waals surface area contributed by atoms with Gasteiger partial charge in [0.15, 0.2) is 0 Å². The van der Waals surface area contributed by atoms with Gasteiger partial charge in [-0.1, -0.05) is 82.1 Å². The number of nitrogens with two attached hydrogens (primary N) is 6. The van der Waals surface area contributed by atoms with Crippen LogP contribution in [0.5, 0.6) is 0 Å². The van der Waals surface area contributed by atoms with Gasteiger partial charge in [0.05, 0.1) is 6.04 Å². The zero-order valence-corrected chi connectivity index (χ0v) is 49.3. The van der Waals surface area contributed by atoms with Crippen LogP contribution in [-0.2, 0) is 62.3 Å². The summed E-state index contributed by atoms with van der Waals surface area (Å²) in [6.45, 7) is 19.3. The van der Waals surface area contributed by atoms with E-state index in [0.717, 1.165) is 0 Å². The molecule has 0 aromatic heterocycles. The molecule has 0 heterocycles. The summed E-state index contributed by atoms with van der Waals surface area (Å²) in [5, 5.41) is 23.2. The van der Waals surface area contributed by atoms with E-state index in [2.05, 4.69) is 47.9 Å². The van der Waals surface area contributed by atoms with Crippen LogP contribution in [0, 0.1) is 29.6 Å². The lowest BCUT2D eigenvalue weighted by Gasteiger charge is -2.30. The van der Waals surface area contributed by atoms with Crippen LogP contribution in [0.3, 0.4) is 0 Å². The number of carbonyl (C=O) groups is 13. The third-order valence-corrected chi connectivity index (χ3v) is 13.1. The molecule has 0 radical (unpaired) electrons. The highest BCUT2D eigenvalue weighted by Crippen LogP contribution is 2.15. The Kier molecular flexibility index (Phi) is 34.6. The first-order chi connectivity index (χ1) is 37.6. The lowest BCUT2D eigenvalue weighted by molar-refractivity contribution is -0.137. The summed E-state index contributed by atoms with van der Waals surface area (Å²) in [5.74, 6) is -12.3. The Hall–Kier alpha value is -6.97. The van der Waals surface area contributed by atoms with Crippen molar-refractivity contribution in [1.29, 1.82) is 0 Å². The van der Waals surface area contributed by atoms with Crippen LogP contribution in [0.1, 0.15) is 160 Å². The smallest absolute Gasteiger partial charge is 0.243 e. The highest BCUT2D eigenvalue weighted by Gasteiger charge is 2.37. The molecule has 0 unspecified atom stereocenters. The maximum atomic E-state index is 14.3. The number of hydrogen-bond acceptors (Lipinski definition) is 15. The van der Waals surface area contributed by atoms with Crippen LogP contribution >= 0.6 is 0 Å². The Bertz CT molecular complexity index is 2140. The summed E-state index contributed by atoms with van der Waals surface area (Å²) >= 11 is 0. The lowest BCUT2D eigenvalue weighted by Crippen LogP contribution is -2.61. The van der Waals surface area contributed by atoms with Crippen molar-refractivity contribution < 1.29 is 62.3 Å². The molecule has 0 aromatic carbocycles. The van der Waals surface area contributed by atoms with E-state index in [9.17, 15) is 62.3 Å². The minimum absolute atomic E-state index is 0.00148. The molecular formula is C53H97N15O13. The Morgan fingerprint density at radius 1 is 0.370 bits per heavy atom. The predicted molar refractivity (Wildman–Crippen MR) is 301 cm³/mol. The lowest BCUT2D eigenvalue weighted by atomic mass is 9.95. The Morgan fingerprint density at radius 3 is 1.09 bits per heavy atom. The number of primary amides is 4. The molecule has 28 heteroatoms. The minimum atomic E-state index is -1.60. The number of amides is 13. The van der Waals surface area contributed by atoms with Gasteiger partial charge in [0, 0.05) is 19.3 Å². The van der Waals surface area contributed by atoms with Gasteiger partial charge in [-0.15, -0.1) is 0 Å². The SMILES string of the molecule is CC[C@H](C)[C@H](NC(=O)[C@H](CC(C)C)NC(=O)[C@H](CC(C)C)NC(=O)[C@@H](N)CCCCN)C(=O)N[C@@H](CC(C)C)C(=O)N[C@@H](CCC(N)=O)C(=O)N[C@@H](CCC(N)=O)C(=O)N[C@@H](C)C(=O)N[C@H](C(=O)N[C@@H](CCC(N)=O)C(N)=O)C(C)C. The van der Waals surface area contributed by atoms with Crippen LogP contribution in [0.2, 0.25) is 0 Å². The molecule has 11 atom stereocenters. The first kappa shape index (κ1) is 74.0. The fourth-order valence-electron chi connectivity index (χ4n) is 8.20. The van der Waals surface area contributed by atoms with Gasteiger partial charge in [-0.3, -0.25) is 62.3 Å². The predicted octanol–water partition coefficient (Wildman–Crippen LogP) is -3.05. The molecule has 21 N–H and O–H groups in total. The molecule has 462 valence electrons. The van der Waals surface area contributed by atoms with Crippen molar-refractivity contribution in [2.24, 2.45) is 64.0 Å². The van der Waals surface area contributed by atoms with Gasteiger partial charge in [-0.05, 0) is 94.4 Å². The summed E-state index contributed by atoms with van der Waals surface area (Å²) in [7, 11) is 0. The second kappa shape index (κ2) is 37.9. The second-order valence-electron chi connectivity index (χ2n) is 22.4. The number of unbranched alkanes of at least 4 members (excludes halogenated alkanes) is 1. The van der Waals surface area contributed by atoms with Crippen molar-refractivity contribution in [3.05, 3.63) is 0 Å². The zero-order chi connectivity index (χ0) is 62.4. The molecule has 0 aliphatic carbocycles. The van der Waals surface area contributed by atoms with Gasteiger partial charge in [0.2, 0.25) is 76.8 Å². The van der Waals surface area contributed by atoms with Crippen LogP contribution in [0.25, 0.3) is 0 Å². The van der Waals surface area contributed by atoms with Crippen LogP contribution in [0.15, 0.2) is 0 Å². The van der Waals surface area contributed by atoms with Crippen molar-refractivity contribution in [3.8, 4) is 0 Å². The fourth-order valence-corrected chi connectivity index (χ4v) is 8.20. The van der Waals surface area contributed by atoms with Crippen molar-refractivity contribution in [3.63, 3.8) is 0 Å². The quantitative estimate of drug-likeness (QED) is 0.0271. The van der Waals surface area contributed by atoms with E-state index in [-0.39, 0.29) is 49.9 Å². The van der Waals surface area contributed by atoms with E-state index >= 15 is 0 Å². The molecule has 0 fully saturated rings. The molecule has 0 aliphatic heterocycles. The third-order valence-electron chi connectivity index (χ3n) is 13.1. The largest absolute Gasteiger partial charge is 0.370 e. The van der Waals surface area contributed by atoms with Crippen molar-refractivity contribution in [1.82, 2.24) is 47.9 Å². The molecule has 0 aromatic rings. The standard InChI is InChI=1S/C53H97N15O13/c1-12-30(10)43(68-51(79)38(25-28(6)7)65-50(78)36(23-26(2)3)64-46(74)32(55)15-13-14-22-54)53(81)66-37(24-27(4)5)49(77)63-35(18-21-41(58)71)48(76)62-34(17-20-40(57)70)47(75)60-31(11)45(73)67-42(29(8)9)52(80)61-33(44(59)72)16-19-39(56)69/h26-38,42-43H,12-25,54-55H2,1-11H3,(H2,56,69)(H2,57,70)(H2,58,71)(H2,59,72)(H,60,75)(H,61,80)(H,62,76)(H,63,77)(H,64,74)(H,65,78)(H,66,81)(H,67,73)(H,68,79)/t30-,31-,32-,33-,34-,35-,36-,37-,38-,42-,43-/m0/s1. The van der Waals surface area contributed by atoms with Crippen molar-refractivity contribution >= 4 is 76.8 Å². The Morgan fingerprint density at radius 2 is 0.704 bits per heavy atom. The molecule has 81 heavy (non-hydrogen) atoms. The highest BCUT2D eigenvalue weighted by molar-refractivity contribution is 5.99. The van der Waals surface area contributed by atoms with Crippen LogP contribution < -0.4 is 82.3 Å². The molecule has 28 nitrogen and oxygen atoms in total. The first-order valence-electron chi connectivity index (χ1n) is 28.0. The number of rotatable bonds is 41. The molecule has 0 saturated carbocycles. The molecule has 0 rings (SSSR count). The number of carbonyl (C=O) groups excluding carboxylic acids is 13. The minimum Gasteiger partial charge on any atom is -0.370 e. The molecule has 0 spiro atoms. The van der Waals surface area contributed by atoms with E-state index in [1.165, 1.54) is 6.92 Å². The summed E-state index contributed by atoms with van der Waals surface area (Å²) in [6.07, 6.45) is 0.173. The Labute approximate surface area is 476 Å². The van der Waals surface area contributed by atoms with Gasteiger partial charge >= 0.3 is 0 Å². The van der Waals surface area contributed by atoms with E-state index in [0.29, 0.717) is 32.2 Å². The number of nitrogens with one attached hydrogen (secondary N) is 9. The Balaban J connectivity index is 6.71. The van der Waals surface area contributed by atoms with Gasteiger partial charge in [0.25, 0.3) is 0 Å². The molecule has 0 saturated heterocycles. The zero-order valence-electron chi connectivity index (χ0n) is 49.3. The normalized spacial score (nSPS) is 15.4. The van der Waals surface area contributed by atoms with Gasteiger partial charge in [-0.2, -0.15) is 0 Å². The topological polar surface area (TPSA) is 486 Å². The van der Waals surface area contributed by atoms with E-state index in [1.807, 2.05) is 27.7 Å². The van der Waals surface area contributed by atoms with Crippen molar-refractivity contribution in [2.75, 3.05) is 6.54 Å². The monoisotopic (exact) mass is 1150 g/mol. The molecule has 13 amide bonds. The second-order valence-corrected chi connectivity index (χ2v) is 22.4. The van der Waals surface area contributed by atoms with E-state index < -0.39 is 175 Å². The number of hydrogen-bond donors (Lipinski definition) is 15. The average molecular weight is 1150 g/mol. The van der Waals surface area contributed by atoms with Crippen LogP contribution in [-0.4, -0.2) is 144 Å². The maximum Gasteiger partial charge on any atom is 0.243 e. The van der Waals surface area contributed by atoms with Crippen LogP contribution in [0.4, 0.5) is 0 Å². The summed E-state index contributed by atoms with van der Waals surface area (Å²) in [5.41, 5.74) is 33.1. The third kappa shape index (κ3) is 29.9. The van der Waals surface area contributed by atoms with Gasteiger partial charge < -0.3 is 82.3 Å². The molecule has 0 bridgehead atoms. The van der Waals surface area contributed by atoms with Crippen molar-refractivity contribution in [2.45, 2.75) is 220 Å². The average Bonchev–Trinajstić information content (AvgIpc) is 3.36. The molecule has 0 aliphatic rings. The highest BCUT2D eigenvalue weighted by atomic mass is 16.2.